The van der Waals surface area contributed by atoms with Crippen molar-refractivity contribution in [2.75, 3.05) is 13.1 Å². The second-order valence-corrected chi connectivity index (χ2v) is 6.08. The molecule has 1 aromatic carbocycles. The summed E-state index contributed by atoms with van der Waals surface area (Å²) in [6, 6.07) is 3.94. The molecule has 3 aliphatic rings. The van der Waals surface area contributed by atoms with Crippen LogP contribution in [-0.2, 0) is 4.79 Å². The molecule has 1 amide bonds. The van der Waals surface area contributed by atoms with Crippen molar-refractivity contribution in [1.29, 1.82) is 0 Å². The van der Waals surface area contributed by atoms with Gasteiger partial charge in [-0.15, -0.1) is 0 Å². The lowest BCUT2D eigenvalue weighted by Crippen LogP contribution is -2.42. The van der Waals surface area contributed by atoms with Crippen molar-refractivity contribution in [2.45, 2.75) is 30.9 Å². The highest BCUT2D eigenvalue weighted by Gasteiger charge is 2.46. The molecule has 7 heteroatoms. The van der Waals surface area contributed by atoms with Crippen molar-refractivity contribution < 1.29 is 18.0 Å². The maximum Gasteiger partial charge on any atom is 0.471 e. The fraction of sp³-hybridized carbons (Fsp3) is 0.467. The van der Waals surface area contributed by atoms with Crippen LogP contribution in [0.2, 0.25) is 0 Å². The number of imidazole rings is 1. The zero-order valence-electron chi connectivity index (χ0n) is 11.7. The average Bonchev–Trinajstić information content (AvgIpc) is 2.74. The van der Waals surface area contributed by atoms with Crippen molar-refractivity contribution in [2.24, 2.45) is 0 Å². The number of carbonyl (C=O) groups is 1. The molecule has 1 aromatic heterocycles. The number of benzene rings is 1. The molecule has 116 valence electrons. The zero-order chi connectivity index (χ0) is 15.5. The molecule has 1 saturated heterocycles. The number of H-pyrrole nitrogens is 1. The number of nitrogens with one attached hydrogen (secondary N) is 1. The molecule has 3 heterocycles. The highest BCUT2D eigenvalue weighted by atomic mass is 19.4. The molecule has 0 saturated carbocycles. The molecule has 2 bridgehead atoms. The van der Waals surface area contributed by atoms with E-state index >= 15 is 0 Å². The number of alkyl halides is 3. The fourth-order valence-corrected chi connectivity index (χ4v) is 3.77. The summed E-state index contributed by atoms with van der Waals surface area (Å²) in [6.07, 6.45) is -1.55. The van der Waals surface area contributed by atoms with E-state index in [1.165, 1.54) is 0 Å². The van der Waals surface area contributed by atoms with E-state index in [0.717, 1.165) is 39.9 Å². The number of nitrogens with zero attached hydrogens (tertiary/aromatic N) is 2. The molecule has 1 fully saturated rings. The fourth-order valence-electron chi connectivity index (χ4n) is 3.77. The maximum atomic E-state index is 12.7. The van der Waals surface area contributed by atoms with Crippen molar-refractivity contribution in [3.8, 4) is 0 Å². The highest BCUT2D eigenvalue weighted by molar-refractivity contribution is 5.82. The van der Waals surface area contributed by atoms with Gasteiger partial charge in [0.05, 0.1) is 17.4 Å². The van der Waals surface area contributed by atoms with Crippen LogP contribution in [0.1, 0.15) is 35.8 Å². The van der Waals surface area contributed by atoms with Crippen LogP contribution in [0.5, 0.6) is 0 Å². The van der Waals surface area contributed by atoms with E-state index < -0.39 is 12.1 Å². The first kappa shape index (κ1) is 13.6. The van der Waals surface area contributed by atoms with Crippen LogP contribution in [0.4, 0.5) is 13.2 Å². The number of amides is 1. The van der Waals surface area contributed by atoms with Gasteiger partial charge in [0.2, 0.25) is 0 Å². The van der Waals surface area contributed by atoms with Gasteiger partial charge >= 0.3 is 12.1 Å². The molecule has 1 aliphatic carbocycles. The standard InChI is InChI=1S/C15H14F3N3O/c16-15(17,18)14(22)21-5-8-1-2-9(6-21)11-4-13-12(3-10(8)11)19-7-20-13/h3-4,7-9H,1-2,5-6H2,(H,19,20). The molecule has 22 heavy (non-hydrogen) atoms. The lowest BCUT2D eigenvalue weighted by molar-refractivity contribution is -0.185. The van der Waals surface area contributed by atoms with E-state index in [4.69, 9.17) is 0 Å². The third-order valence-corrected chi connectivity index (χ3v) is 4.78. The molecule has 2 aromatic rings. The minimum atomic E-state index is -4.80. The Morgan fingerprint density at radius 1 is 1.18 bits per heavy atom. The van der Waals surface area contributed by atoms with Crippen LogP contribution in [0.25, 0.3) is 11.0 Å². The Morgan fingerprint density at radius 3 is 2.45 bits per heavy atom. The number of halogens is 3. The molecule has 5 rings (SSSR count). The largest absolute Gasteiger partial charge is 0.471 e. The minimum absolute atomic E-state index is 0.0345. The second kappa shape index (κ2) is 4.47. The number of rotatable bonds is 0. The highest BCUT2D eigenvalue weighted by Crippen LogP contribution is 2.44. The van der Waals surface area contributed by atoms with Gasteiger partial charge in [0, 0.05) is 24.9 Å². The summed E-state index contributed by atoms with van der Waals surface area (Å²) in [7, 11) is 0. The van der Waals surface area contributed by atoms with Gasteiger partial charge < -0.3 is 9.88 Å². The maximum absolute atomic E-state index is 12.7. The molecule has 0 radical (unpaired) electrons. The van der Waals surface area contributed by atoms with Gasteiger partial charge in [-0.05, 0) is 36.1 Å². The average molecular weight is 309 g/mol. The van der Waals surface area contributed by atoms with Crippen molar-refractivity contribution in [1.82, 2.24) is 14.9 Å². The summed E-state index contributed by atoms with van der Waals surface area (Å²) < 4.78 is 38.2. The van der Waals surface area contributed by atoms with E-state index in [1.54, 1.807) is 6.33 Å². The summed E-state index contributed by atoms with van der Waals surface area (Å²) in [4.78, 5) is 19.8. The molecular formula is C15H14F3N3O. The Hall–Kier alpha value is -2.05. The van der Waals surface area contributed by atoms with E-state index in [9.17, 15) is 18.0 Å². The van der Waals surface area contributed by atoms with Gasteiger partial charge in [0.25, 0.3) is 0 Å². The molecular weight excluding hydrogens is 295 g/mol. The predicted molar refractivity (Wildman–Crippen MR) is 73.4 cm³/mol. The van der Waals surface area contributed by atoms with E-state index in [1.807, 2.05) is 12.1 Å². The van der Waals surface area contributed by atoms with Crippen molar-refractivity contribution >= 4 is 16.9 Å². The molecule has 2 atom stereocenters. The number of hydrogen-bond donors (Lipinski definition) is 1. The monoisotopic (exact) mass is 309 g/mol. The van der Waals surface area contributed by atoms with Crippen molar-refractivity contribution in [3.05, 3.63) is 29.6 Å². The van der Waals surface area contributed by atoms with Gasteiger partial charge in [-0.3, -0.25) is 4.79 Å². The molecule has 2 aliphatic heterocycles. The number of hydrogen-bond acceptors (Lipinski definition) is 2. The Morgan fingerprint density at radius 2 is 1.82 bits per heavy atom. The van der Waals surface area contributed by atoms with E-state index in [0.29, 0.717) is 0 Å². The Bertz CT molecular complexity index is 704. The normalized spacial score (nSPS) is 24.4. The lowest BCUT2D eigenvalue weighted by atomic mass is 9.78. The summed E-state index contributed by atoms with van der Waals surface area (Å²) in [5.41, 5.74) is 3.82. The predicted octanol–water partition coefficient (Wildman–Crippen LogP) is 2.93. The first-order valence-electron chi connectivity index (χ1n) is 7.26. The first-order valence-corrected chi connectivity index (χ1v) is 7.26. The first-order chi connectivity index (χ1) is 10.4. The second-order valence-electron chi connectivity index (χ2n) is 6.08. The van der Waals surface area contributed by atoms with Crippen molar-refractivity contribution in [3.63, 3.8) is 0 Å². The van der Waals surface area contributed by atoms with Gasteiger partial charge in [0.15, 0.2) is 0 Å². The summed E-state index contributed by atoms with van der Waals surface area (Å²) >= 11 is 0. The molecule has 1 N–H and O–H groups in total. The van der Waals surface area contributed by atoms with Gasteiger partial charge in [-0.2, -0.15) is 13.2 Å². The van der Waals surface area contributed by atoms with Gasteiger partial charge in [-0.25, -0.2) is 4.98 Å². The Labute approximate surface area is 124 Å². The van der Waals surface area contributed by atoms with Crippen LogP contribution in [0, 0.1) is 0 Å². The third-order valence-electron chi connectivity index (χ3n) is 4.78. The number of aromatic amines is 1. The van der Waals surface area contributed by atoms with Crippen LogP contribution in [0.15, 0.2) is 18.5 Å². The van der Waals surface area contributed by atoms with Gasteiger partial charge in [-0.1, -0.05) is 0 Å². The van der Waals surface area contributed by atoms with Crippen LogP contribution < -0.4 is 0 Å². The smallest absolute Gasteiger partial charge is 0.345 e. The van der Waals surface area contributed by atoms with Crippen LogP contribution in [0.3, 0.4) is 0 Å². The quantitative estimate of drug-likeness (QED) is 0.813. The summed E-state index contributed by atoms with van der Waals surface area (Å²) in [6.45, 7) is 0.277. The van der Waals surface area contributed by atoms with Crippen LogP contribution >= 0.6 is 0 Å². The molecule has 0 spiro atoms. The SMILES string of the molecule is O=C(N1CC2CCC(C1)c1cc3[nH]cnc3cc12)C(F)(F)F. The van der Waals surface area contributed by atoms with Crippen LogP contribution in [-0.4, -0.2) is 40.0 Å². The Kier molecular flexibility index (Phi) is 2.76. The Balaban J connectivity index is 1.76. The topological polar surface area (TPSA) is 49.0 Å². The van der Waals surface area contributed by atoms with Gasteiger partial charge in [0.1, 0.15) is 0 Å². The third kappa shape index (κ3) is 1.99. The lowest BCUT2D eigenvalue weighted by Gasteiger charge is -2.26. The number of carbonyl (C=O) groups excluding carboxylic acids is 1. The summed E-state index contributed by atoms with van der Waals surface area (Å²) in [5.74, 6) is -1.80. The molecule has 4 nitrogen and oxygen atoms in total. The van der Waals surface area contributed by atoms with E-state index in [2.05, 4.69) is 9.97 Å². The number of aromatic nitrogens is 2. The number of fused-ring (bicyclic) bond motifs is 4. The van der Waals surface area contributed by atoms with E-state index in [-0.39, 0.29) is 24.9 Å². The molecule has 2 unspecified atom stereocenters. The minimum Gasteiger partial charge on any atom is -0.345 e. The zero-order valence-corrected chi connectivity index (χ0v) is 11.7. The summed E-state index contributed by atoms with van der Waals surface area (Å²) in [5, 5.41) is 0.